The molecule has 0 spiro atoms. The smallest absolute Gasteiger partial charge is 0.249 e. The summed E-state index contributed by atoms with van der Waals surface area (Å²) in [6.07, 6.45) is 4.26. The summed E-state index contributed by atoms with van der Waals surface area (Å²) in [6, 6.07) is 15.6. The molecule has 0 bridgehead atoms. The van der Waals surface area contributed by atoms with Crippen molar-refractivity contribution in [2.75, 3.05) is 0 Å². The van der Waals surface area contributed by atoms with Crippen molar-refractivity contribution in [3.8, 4) is 11.5 Å². The molecule has 4 aromatic rings. The number of nitrogens with zero attached hydrogens (tertiary/aromatic N) is 3. The molecule has 2 heterocycles. The van der Waals surface area contributed by atoms with Gasteiger partial charge in [-0.15, -0.1) is 10.2 Å². The van der Waals surface area contributed by atoms with Crippen molar-refractivity contribution in [3.05, 3.63) is 71.2 Å². The van der Waals surface area contributed by atoms with Gasteiger partial charge in [0.2, 0.25) is 17.7 Å². The van der Waals surface area contributed by atoms with Gasteiger partial charge in [-0.05, 0) is 36.6 Å². The predicted octanol–water partition coefficient (Wildman–Crippen LogP) is 4.61. The van der Waals surface area contributed by atoms with Gasteiger partial charge in [0.15, 0.2) is 0 Å². The number of aromatic nitrogens is 3. The Hall–Kier alpha value is -3.12. The number of fused-ring (bicyclic) bond motifs is 1. The first-order chi connectivity index (χ1) is 14.2. The lowest BCUT2D eigenvalue weighted by molar-refractivity contribution is -0.132. The van der Waals surface area contributed by atoms with Crippen LogP contribution in [0.4, 0.5) is 0 Å². The molecule has 7 heteroatoms. The van der Waals surface area contributed by atoms with Crippen LogP contribution >= 0.6 is 11.6 Å². The molecule has 6 nitrogen and oxygen atoms in total. The number of amides is 1. The van der Waals surface area contributed by atoms with E-state index in [1.807, 2.05) is 53.6 Å². The van der Waals surface area contributed by atoms with E-state index in [4.69, 9.17) is 16.0 Å². The molecule has 1 aliphatic carbocycles. The van der Waals surface area contributed by atoms with Crippen LogP contribution in [0.2, 0.25) is 5.02 Å². The van der Waals surface area contributed by atoms with Crippen LogP contribution in [0.15, 0.2) is 59.1 Å². The first kappa shape index (κ1) is 17.9. The zero-order valence-corrected chi connectivity index (χ0v) is 16.4. The van der Waals surface area contributed by atoms with E-state index in [1.54, 1.807) is 6.07 Å². The van der Waals surface area contributed by atoms with Crippen molar-refractivity contribution >= 4 is 28.4 Å². The van der Waals surface area contributed by atoms with Crippen LogP contribution in [0.3, 0.4) is 0 Å². The van der Waals surface area contributed by atoms with Gasteiger partial charge in [0, 0.05) is 23.1 Å². The lowest BCUT2D eigenvalue weighted by Gasteiger charge is -2.20. The average Bonchev–Trinajstić information content (AvgIpc) is 3.33. The summed E-state index contributed by atoms with van der Waals surface area (Å²) in [6.45, 7) is 0.309. The Morgan fingerprint density at radius 3 is 2.76 bits per heavy atom. The summed E-state index contributed by atoms with van der Waals surface area (Å²) in [4.78, 5) is 18.2. The van der Waals surface area contributed by atoms with E-state index in [0.717, 1.165) is 29.3 Å². The summed E-state index contributed by atoms with van der Waals surface area (Å²) >= 11 is 6.22. The van der Waals surface area contributed by atoms with E-state index in [1.165, 1.54) is 0 Å². The van der Waals surface area contributed by atoms with Gasteiger partial charge in [0.05, 0.1) is 23.6 Å². The van der Waals surface area contributed by atoms with Crippen molar-refractivity contribution < 1.29 is 9.21 Å². The molecule has 0 saturated heterocycles. The normalized spacial score (nSPS) is 13.7. The first-order valence-electron chi connectivity index (χ1n) is 9.61. The maximum atomic E-state index is 13.1. The average molecular weight is 407 g/mol. The molecule has 0 radical (unpaired) electrons. The number of halogens is 1. The third-order valence-corrected chi connectivity index (χ3v) is 5.53. The molecule has 1 saturated carbocycles. The molecule has 1 N–H and O–H groups in total. The Bertz CT molecular complexity index is 1180. The van der Waals surface area contributed by atoms with E-state index < -0.39 is 0 Å². The van der Waals surface area contributed by atoms with Crippen molar-refractivity contribution in [2.45, 2.75) is 31.8 Å². The van der Waals surface area contributed by atoms with Crippen LogP contribution in [0, 0.1) is 0 Å². The lowest BCUT2D eigenvalue weighted by Crippen LogP contribution is -2.33. The quantitative estimate of drug-likeness (QED) is 0.507. The number of nitrogens with one attached hydrogen (secondary N) is 1. The largest absolute Gasteiger partial charge is 0.419 e. The highest BCUT2D eigenvalue weighted by Crippen LogP contribution is 2.31. The van der Waals surface area contributed by atoms with Crippen LogP contribution < -0.4 is 0 Å². The molecular weight excluding hydrogens is 388 g/mol. The van der Waals surface area contributed by atoms with Crippen LogP contribution in [0.25, 0.3) is 22.4 Å². The molecule has 2 aromatic carbocycles. The van der Waals surface area contributed by atoms with Crippen molar-refractivity contribution in [2.24, 2.45) is 0 Å². The number of rotatable bonds is 6. The third-order valence-electron chi connectivity index (χ3n) is 5.20. The number of H-pyrrole nitrogens is 1. The first-order valence-corrected chi connectivity index (χ1v) is 9.98. The second-order valence-corrected chi connectivity index (χ2v) is 7.68. The van der Waals surface area contributed by atoms with Gasteiger partial charge in [-0.25, -0.2) is 0 Å². The molecule has 1 amide bonds. The molecule has 1 aliphatic rings. The van der Waals surface area contributed by atoms with Gasteiger partial charge < -0.3 is 14.3 Å². The zero-order chi connectivity index (χ0) is 19.8. The van der Waals surface area contributed by atoms with E-state index in [9.17, 15) is 4.79 Å². The SMILES string of the molecule is O=C(Cc1c[nH]c2ccccc12)N(Cc1nnc(-c2ccccc2Cl)o1)C1CC1. The van der Waals surface area contributed by atoms with Crippen molar-refractivity contribution in [1.82, 2.24) is 20.1 Å². The van der Waals surface area contributed by atoms with Crippen LogP contribution in [0.5, 0.6) is 0 Å². The maximum Gasteiger partial charge on any atom is 0.249 e. The highest BCUT2D eigenvalue weighted by atomic mass is 35.5. The number of carbonyl (C=O) groups is 1. The minimum atomic E-state index is 0.0646. The number of aromatic amines is 1. The standard InChI is InChI=1S/C22H19ClN4O2/c23-18-7-3-1-6-17(18)22-26-25-20(29-22)13-27(15-9-10-15)21(28)11-14-12-24-19-8-4-2-5-16(14)19/h1-8,12,15,24H,9-11,13H2. The monoisotopic (exact) mass is 406 g/mol. The van der Waals surface area contributed by atoms with Gasteiger partial charge in [-0.3, -0.25) is 4.79 Å². The Labute approximate surface area is 172 Å². The summed E-state index contributed by atoms with van der Waals surface area (Å²) in [5.74, 6) is 0.847. The molecule has 1 fully saturated rings. The highest BCUT2D eigenvalue weighted by molar-refractivity contribution is 6.33. The van der Waals surface area contributed by atoms with E-state index in [0.29, 0.717) is 35.3 Å². The fraction of sp³-hybridized carbons (Fsp3) is 0.227. The Morgan fingerprint density at radius 1 is 1.14 bits per heavy atom. The molecule has 2 aromatic heterocycles. The van der Waals surface area contributed by atoms with E-state index in [2.05, 4.69) is 15.2 Å². The Kier molecular flexibility index (Phi) is 4.56. The fourth-order valence-electron chi connectivity index (χ4n) is 3.56. The lowest BCUT2D eigenvalue weighted by atomic mass is 10.1. The minimum Gasteiger partial charge on any atom is -0.419 e. The maximum absolute atomic E-state index is 13.1. The number of carbonyl (C=O) groups excluding carboxylic acids is 1. The van der Waals surface area contributed by atoms with Crippen molar-refractivity contribution in [1.29, 1.82) is 0 Å². The molecule has 0 aliphatic heterocycles. The molecule has 0 atom stereocenters. The minimum absolute atomic E-state index is 0.0646. The van der Waals surface area contributed by atoms with Crippen LogP contribution in [-0.2, 0) is 17.8 Å². The van der Waals surface area contributed by atoms with E-state index in [-0.39, 0.29) is 11.9 Å². The highest BCUT2D eigenvalue weighted by Gasteiger charge is 2.34. The number of hydrogen-bond donors (Lipinski definition) is 1. The molecular formula is C22H19ClN4O2. The summed E-state index contributed by atoms with van der Waals surface area (Å²) in [7, 11) is 0. The van der Waals surface area contributed by atoms with Crippen molar-refractivity contribution in [3.63, 3.8) is 0 Å². The van der Waals surface area contributed by atoms with Crippen LogP contribution in [0.1, 0.15) is 24.3 Å². The molecule has 5 rings (SSSR count). The molecule has 29 heavy (non-hydrogen) atoms. The second kappa shape index (κ2) is 7.37. The number of hydrogen-bond acceptors (Lipinski definition) is 4. The third kappa shape index (κ3) is 3.63. The van der Waals surface area contributed by atoms with E-state index >= 15 is 0 Å². The van der Waals surface area contributed by atoms with Gasteiger partial charge in [0.25, 0.3) is 0 Å². The predicted molar refractivity (Wildman–Crippen MR) is 110 cm³/mol. The topological polar surface area (TPSA) is 75.0 Å². The Morgan fingerprint density at radius 2 is 1.93 bits per heavy atom. The van der Waals surface area contributed by atoms with Crippen LogP contribution in [-0.4, -0.2) is 32.0 Å². The van der Waals surface area contributed by atoms with Gasteiger partial charge >= 0.3 is 0 Å². The number of benzene rings is 2. The molecule has 0 unspecified atom stereocenters. The summed E-state index contributed by atoms with van der Waals surface area (Å²) in [5.41, 5.74) is 2.73. The van der Waals surface area contributed by atoms with Gasteiger partial charge in [0.1, 0.15) is 0 Å². The number of para-hydroxylation sites is 1. The van der Waals surface area contributed by atoms with Gasteiger partial charge in [-0.1, -0.05) is 41.9 Å². The summed E-state index contributed by atoms with van der Waals surface area (Å²) in [5, 5.41) is 9.88. The summed E-state index contributed by atoms with van der Waals surface area (Å²) < 4.78 is 5.81. The second-order valence-electron chi connectivity index (χ2n) is 7.27. The zero-order valence-electron chi connectivity index (χ0n) is 15.6. The molecule has 146 valence electrons. The Balaban J connectivity index is 1.35. The fourth-order valence-corrected chi connectivity index (χ4v) is 3.77. The van der Waals surface area contributed by atoms with Gasteiger partial charge in [-0.2, -0.15) is 0 Å².